The molecule has 1 heterocycles. The summed E-state index contributed by atoms with van der Waals surface area (Å²) in [6, 6.07) is 0. The van der Waals surface area contributed by atoms with Gasteiger partial charge >= 0.3 is 11.9 Å². The summed E-state index contributed by atoms with van der Waals surface area (Å²) in [5, 5.41) is 8.39. The molecule has 0 saturated carbocycles. The van der Waals surface area contributed by atoms with Gasteiger partial charge in [-0.25, -0.2) is 9.59 Å². The van der Waals surface area contributed by atoms with E-state index < -0.39 is 23.8 Å². The van der Waals surface area contributed by atoms with Crippen molar-refractivity contribution in [1.82, 2.24) is 0 Å². The van der Waals surface area contributed by atoms with E-state index in [2.05, 4.69) is 4.74 Å². The molecule has 1 N–H and O–H groups in total. The van der Waals surface area contributed by atoms with Crippen LogP contribution in [0.15, 0.2) is 0 Å². The summed E-state index contributed by atoms with van der Waals surface area (Å²) in [6.07, 6.45) is -1.47. The predicted octanol–water partition coefficient (Wildman–Crippen LogP) is -0.251. The Kier molecular flexibility index (Phi) is 1.60. The molecule has 0 bridgehead atoms. The molecule has 1 aliphatic rings. The van der Waals surface area contributed by atoms with Gasteiger partial charge in [0.25, 0.3) is 6.10 Å². The van der Waals surface area contributed by atoms with Crippen molar-refractivity contribution in [3.05, 3.63) is 0 Å². The van der Waals surface area contributed by atoms with Crippen LogP contribution in [0.1, 0.15) is 13.8 Å². The summed E-state index contributed by atoms with van der Waals surface area (Å²) in [7, 11) is 0. The fourth-order valence-electron chi connectivity index (χ4n) is 0.803. The van der Waals surface area contributed by atoms with E-state index >= 15 is 0 Å². The molecule has 1 aliphatic heterocycles. The number of cyclic esters (lactones) is 1. The van der Waals surface area contributed by atoms with E-state index in [4.69, 9.17) is 9.84 Å². The van der Waals surface area contributed by atoms with Crippen LogP contribution < -0.4 is 0 Å². The van der Waals surface area contributed by atoms with Crippen LogP contribution in [-0.4, -0.2) is 28.9 Å². The zero-order chi connectivity index (χ0) is 8.65. The molecule has 5 heteroatoms. The Morgan fingerprint density at radius 3 is 2.36 bits per heavy atom. The van der Waals surface area contributed by atoms with Crippen LogP contribution in [0.5, 0.6) is 0 Å². The van der Waals surface area contributed by atoms with Gasteiger partial charge in [0.2, 0.25) is 5.79 Å². The quantitative estimate of drug-likeness (QED) is 0.423. The number of rotatable bonds is 1. The summed E-state index contributed by atoms with van der Waals surface area (Å²) in [6.45, 7) is 2.96. The van der Waals surface area contributed by atoms with Crippen LogP contribution in [-0.2, 0) is 19.1 Å². The molecule has 0 spiro atoms. The van der Waals surface area contributed by atoms with Gasteiger partial charge in [-0.05, 0) is 0 Å². The molecule has 0 aliphatic carbocycles. The van der Waals surface area contributed by atoms with E-state index in [9.17, 15) is 9.59 Å². The average Bonchev–Trinajstić information content (AvgIpc) is 2.05. The Labute approximate surface area is 62.9 Å². The highest BCUT2D eigenvalue weighted by Gasteiger charge is 2.45. The minimum Gasteiger partial charge on any atom is -0.479 e. The van der Waals surface area contributed by atoms with Gasteiger partial charge < -0.3 is 14.6 Å². The van der Waals surface area contributed by atoms with Crippen molar-refractivity contribution >= 4 is 11.9 Å². The topological polar surface area (TPSA) is 72.8 Å². The first-order chi connectivity index (χ1) is 4.92. The summed E-state index contributed by atoms with van der Waals surface area (Å²) < 4.78 is 9.33. The molecule has 1 fully saturated rings. The van der Waals surface area contributed by atoms with Crippen molar-refractivity contribution in [2.45, 2.75) is 25.7 Å². The lowest BCUT2D eigenvalue weighted by Crippen LogP contribution is -2.28. The summed E-state index contributed by atoms with van der Waals surface area (Å²) >= 11 is 0. The highest BCUT2D eigenvalue weighted by atomic mass is 16.8. The van der Waals surface area contributed by atoms with Crippen molar-refractivity contribution in [1.29, 1.82) is 0 Å². The fraction of sp³-hybridized carbons (Fsp3) is 0.667. The molecule has 1 atom stereocenters. The Hall–Kier alpha value is -1.10. The minimum absolute atomic E-state index is 0.845. The van der Waals surface area contributed by atoms with Crippen LogP contribution >= 0.6 is 0 Å². The summed E-state index contributed by atoms with van der Waals surface area (Å²) in [4.78, 5) is 21.0. The lowest BCUT2D eigenvalue weighted by Gasteiger charge is -2.13. The first-order valence-corrected chi connectivity index (χ1v) is 3.06. The third kappa shape index (κ3) is 1.48. The molecule has 0 amide bonds. The van der Waals surface area contributed by atoms with Gasteiger partial charge in [0, 0.05) is 13.8 Å². The van der Waals surface area contributed by atoms with Gasteiger partial charge in [-0.1, -0.05) is 0 Å². The predicted molar refractivity (Wildman–Crippen MR) is 32.7 cm³/mol. The van der Waals surface area contributed by atoms with Gasteiger partial charge in [-0.2, -0.15) is 0 Å². The number of carbonyl (C=O) groups is 2. The van der Waals surface area contributed by atoms with Gasteiger partial charge in [0.1, 0.15) is 0 Å². The third-order valence-electron chi connectivity index (χ3n) is 1.19. The van der Waals surface area contributed by atoms with Crippen molar-refractivity contribution in [3.63, 3.8) is 0 Å². The molecule has 0 radical (unpaired) electrons. The number of hydrogen-bond donors (Lipinski definition) is 1. The Bertz CT molecular complexity index is 207. The molecule has 5 nitrogen and oxygen atoms in total. The lowest BCUT2D eigenvalue weighted by molar-refractivity contribution is -0.167. The minimum atomic E-state index is -1.47. The monoisotopic (exact) mass is 160 g/mol. The van der Waals surface area contributed by atoms with Gasteiger partial charge in [0.15, 0.2) is 0 Å². The molecule has 11 heavy (non-hydrogen) atoms. The molecule has 0 aromatic heterocycles. The fourth-order valence-corrected chi connectivity index (χ4v) is 0.803. The van der Waals surface area contributed by atoms with Gasteiger partial charge in [0.05, 0.1) is 0 Å². The average molecular weight is 160 g/mol. The number of ether oxygens (including phenoxy) is 2. The van der Waals surface area contributed by atoms with Crippen LogP contribution in [0.4, 0.5) is 0 Å². The van der Waals surface area contributed by atoms with E-state index in [0.29, 0.717) is 0 Å². The highest BCUT2D eigenvalue weighted by Crippen LogP contribution is 2.23. The Balaban J connectivity index is 2.74. The van der Waals surface area contributed by atoms with E-state index in [1.54, 1.807) is 0 Å². The second kappa shape index (κ2) is 2.20. The number of esters is 1. The zero-order valence-corrected chi connectivity index (χ0v) is 6.16. The maximum Gasteiger partial charge on any atom is 0.349 e. The highest BCUT2D eigenvalue weighted by molar-refractivity contribution is 5.98. The molecule has 62 valence electrons. The van der Waals surface area contributed by atoms with Crippen molar-refractivity contribution in [2.24, 2.45) is 0 Å². The first kappa shape index (κ1) is 8.00. The van der Waals surface area contributed by atoms with Crippen LogP contribution in [0.25, 0.3) is 0 Å². The number of aliphatic carboxylic acids is 1. The second-order valence-electron chi connectivity index (χ2n) is 2.66. The Morgan fingerprint density at radius 2 is 2.18 bits per heavy atom. The van der Waals surface area contributed by atoms with Gasteiger partial charge in [-0.15, -0.1) is 0 Å². The van der Waals surface area contributed by atoms with Gasteiger partial charge in [-0.3, -0.25) is 0 Å². The summed E-state index contributed by atoms with van der Waals surface area (Å²) in [5.74, 6) is -3.27. The number of carboxylic acids is 1. The SMILES string of the molecule is CC1(C)OC(=O)C(C(=O)O)O1. The number of carboxylic acid groups (broad SMARTS) is 1. The smallest absolute Gasteiger partial charge is 0.349 e. The van der Waals surface area contributed by atoms with Crippen LogP contribution in [0.3, 0.4) is 0 Å². The molecular weight excluding hydrogens is 152 g/mol. The zero-order valence-electron chi connectivity index (χ0n) is 6.16. The van der Waals surface area contributed by atoms with Crippen molar-refractivity contribution in [3.8, 4) is 0 Å². The summed E-state index contributed by atoms with van der Waals surface area (Å²) in [5.41, 5.74) is 0. The van der Waals surface area contributed by atoms with Crippen LogP contribution in [0.2, 0.25) is 0 Å². The second-order valence-corrected chi connectivity index (χ2v) is 2.66. The van der Waals surface area contributed by atoms with E-state index in [0.717, 1.165) is 0 Å². The van der Waals surface area contributed by atoms with Crippen LogP contribution in [0, 0.1) is 0 Å². The maximum atomic E-state index is 10.7. The van der Waals surface area contributed by atoms with E-state index in [1.165, 1.54) is 13.8 Å². The van der Waals surface area contributed by atoms with Crippen molar-refractivity contribution < 1.29 is 24.2 Å². The standard InChI is InChI=1S/C6H8O5/c1-6(2)10-3(4(7)8)5(9)11-6/h3H,1-2H3,(H,7,8). The number of carbonyl (C=O) groups excluding carboxylic acids is 1. The molecular formula is C6H8O5. The molecule has 1 saturated heterocycles. The number of hydrogen-bond acceptors (Lipinski definition) is 4. The van der Waals surface area contributed by atoms with E-state index in [1.807, 2.05) is 0 Å². The molecule has 0 aromatic rings. The normalized spacial score (nSPS) is 28.2. The molecule has 1 unspecified atom stereocenters. The van der Waals surface area contributed by atoms with Crippen molar-refractivity contribution in [2.75, 3.05) is 0 Å². The lowest BCUT2D eigenvalue weighted by atomic mass is 10.4. The largest absolute Gasteiger partial charge is 0.479 e. The first-order valence-electron chi connectivity index (χ1n) is 3.06. The molecule has 1 rings (SSSR count). The van der Waals surface area contributed by atoms with E-state index in [-0.39, 0.29) is 0 Å². The third-order valence-corrected chi connectivity index (χ3v) is 1.19. The Morgan fingerprint density at radius 1 is 1.64 bits per heavy atom. The maximum absolute atomic E-state index is 10.7. The molecule has 0 aromatic carbocycles.